The highest BCUT2D eigenvalue weighted by atomic mass is 16.2. The van der Waals surface area contributed by atoms with Gasteiger partial charge in [-0.15, -0.1) is 0 Å². The van der Waals surface area contributed by atoms with Gasteiger partial charge in [-0.2, -0.15) is 0 Å². The van der Waals surface area contributed by atoms with Crippen molar-refractivity contribution in [3.8, 4) is 11.1 Å². The molecule has 0 spiro atoms. The Morgan fingerprint density at radius 2 is 2.00 bits per heavy atom. The van der Waals surface area contributed by atoms with Gasteiger partial charge in [0.25, 0.3) is 0 Å². The fraction of sp³-hybridized carbons (Fsp3) is 0.294. The van der Waals surface area contributed by atoms with E-state index in [1.165, 1.54) is 6.33 Å². The topological polar surface area (TPSA) is 72.7 Å². The summed E-state index contributed by atoms with van der Waals surface area (Å²) in [4.78, 5) is 24.7. The Labute approximate surface area is 134 Å². The Morgan fingerprint density at radius 1 is 1.22 bits per heavy atom. The summed E-state index contributed by atoms with van der Waals surface area (Å²) < 4.78 is 1.54. The first-order valence-electron chi connectivity index (χ1n) is 7.66. The van der Waals surface area contributed by atoms with Crippen LogP contribution in [0.1, 0.15) is 20.3 Å². The lowest BCUT2D eigenvalue weighted by Gasteiger charge is -2.08. The van der Waals surface area contributed by atoms with E-state index in [0.717, 1.165) is 28.6 Å². The van der Waals surface area contributed by atoms with Gasteiger partial charge in [0.05, 0.1) is 11.0 Å². The van der Waals surface area contributed by atoms with Crippen LogP contribution in [0.3, 0.4) is 0 Å². The summed E-state index contributed by atoms with van der Waals surface area (Å²) in [6, 6.07) is 5.63. The Balaban J connectivity index is 1.88. The third-order valence-electron chi connectivity index (χ3n) is 3.66. The Morgan fingerprint density at radius 3 is 2.74 bits per heavy atom. The second kappa shape index (κ2) is 6.56. The third kappa shape index (κ3) is 3.36. The maximum Gasteiger partial charge on any atom is 0.327 e. The van der Waals surface area contributed by atoms with E-state index in [4.69, 9.17) is 0 Å². The third-order valence-corrected chi connectivity index (χ3v) is 3.66. The number of benzene rings is 1. The molecule has 0 saturated carbocycles. The largest absolute Gasteiger partial charge is 0.337 e. The normalized spacial score (nSPS) is 11.1. The van der Waals surface area contributed by atoms with Crippen molar-refractivity contribution < 1.29 is 4.79 Å². The monoisotopic (exact) mass is 309 g/mol. The minimum absolute atomic E-state index is 0.158. The summed E-state index contributed by atoms with van der Waals surface area (Å²) in [6.07, 6.45) is 7.50. The summed E-state index contributed by atoms with van der Waals surface area (Å²) in [5, 5.41) is 2.93. The molecule has 2 aromatic heterocycles. The van der Waals surface area contributed by atoms with Crippen LogP contribution in [0.5, 0.6) is 0 Å². The lowest BCUT2D eigenvalue weighted by atomic mass is 10.1. The van der Waals surface area contributed by atoms with Crippen molar-refractivity contribution >= 4 is 17.1 Å². The quantitative estimate of drug-likeness (QED) is 0.803. The minimum atomic E-state index is -0.158. The first-order chi connectivity index (χ1) is 11.1. The average Bonchev–Trinajstić information content (AvgIpc) is 2.98. The number of nitrogens with zero attached hydrogens (tertiary/aromatic N) is 4. The van der Waals surface area contributed by atoms with Crippen LogP contribution in [0, 0.1) is 5.92 Å². The summed E-state index contributed by atoms with van der Waals surface area (Å²) in [7, 11) is 0. The van der Waals surface area contributed by atoms with E-state index in [1.807, 2.05) is 18.2 Å². The SMILES string of the molecule is CC(C)CCNC(=O)n1cnc2ccc(-c3cncnc3)cc21. The van der Waals surface area contributed by atoms with Crippen molar-refractivity contribution in [1.82, 2.24) is 24.8 Å². The molecule has 0 aliphatic carbocycles. The maximum atomic E-state index is 12.3. The van der Waals surface area contributed by atoms with Crippen molar-refractivity contribution in [2.45, 2.75) is 20.3 Å². The summed E-state index contributed by atoms with van der Waals surface area (Å²) in [6.45, 7) is 4.92. The zero-order chi connectivity index (χ0) is 16.2. The van der Waals surface area contributed by atoms with E-state index < -0.39 is 0 Å². The number of fused-ring (bicyclic) bond motifs is 1. The number of hydrogen-bond acceptors (Lipinski definition) is 4. The molecule has 6 heteroatoms. The standard InChI is InChI=1S/C17H19N5O/c1-12(2)5-6-20-17(23)22-11-21-15-4-3-13(7-16(15)22)14-8-18-10-19-9-14/h3-4,7-12H,5-6H2,1-2H3,(H,20,23). The lowest BCUT2D eigenvalue weighted by Crippen LogP contribution is -2.29. The highest BCUT2D eigenvalue weighted by Crippen LogP contribution is 2.22. The van der Waals surface area contributed by atoms with Gasteiger partial charge in [0, 0.05) is 24.5 Å². The zero-order valence-electron chi connectivity index (χ0n) is 13.2. The number of carbonyl (C=O) groups is 1. The van der Waals surface area contributed by atoms with Crippen LogP contribution in [-0.2, 0) is 0 Å². The molecule has 3 rings (SSSR count). The van der Waals surface area contributed by atoms with Crippen LogP contribution in [0.15, 0.2) is 43.2 Å². The number of aromatic nitrogens is 4. The number of rotatable bonds is 4. The second-order valence-electron chi connectivity index (χ2n) is 5.86. The van der Waals surface area contributed by atoms with Gasteiger partial charge < -0.3 is 5.32 Å². The molecule has 6 nitrogen and oxygen atoms in total. The molecule has 2 heterocycles. The van der Waals surface area contributed by atoms with Crippen molar-refractivity contribution in [2.75, 3.05) is 6.54 Å². The molecular formula is C17H19N5O. The Kier molecular flexibility index (Phi) is 4.32. The van der Waals surface area contributed by atoms with Crippen molar-refractivity contribution in [3.63, 3.8) is 0 Å². The van der Waals surface area contributed by atoms with Gasteiger partial charge >= 0.3 is 6.03 Å². The Hall–Kier alpha value is -2.76. The molecule has 0 atom stereocenters. The molecule has 1 N–H and O–H groups in total. The van der Waals surface area contributed by atoms with Crippen molar-refractivity contribution in [1.29, 1.82) is 0 Å². The predicted molar refractivity (Wildman–Crippen MR) is 89.0 cm³/mol. The smallest absolute Gasteiger partial charge is 0.327 e. The molecule has 0 fully saturated rings. The maximum absolute atomic E-state index is 12.3. The van der Waals surface area contributed by atoms with Gasteiger partial charge in [-0.3, -0.25) is 4.57 Å². The van der Waals surface area contributed by atoms with E-state index in [1.54, 1.807) is 23.3 Å². The van der Waals surface area contributed by atoms with E-state index >= 15 is 0 Å². The zero-order valence-corrected chi connectivity index (χ0v) is 13.2. The van der Waals surface area contributed by atoms with E-state index in [-0.39, 0.29) is 6.03 Å². The van der Waals surface area contributed by atoms with Crippen LogP contribution in [0.25, 0.3) is 22.2 Å². The van der Waals surface area contributed by atoms with Gasteiger partial charge in [-0.05, 0) is 30.0 Å². The molecule has 3 aromatic rings. The van der Waals surface area contributed by atoms with E-state index in [0.29, 0.717) is 12.5 Å². The van der Waals surface area contributed by atoms with Gasteiger partial charge in [-0.1, -0.05) is 19.9 Å². The number of amides is 1. The average molecular weight is 309 g/mol. The second-order valence-corrected chi connectivity index (χ2v) is 5.86. The molecular weight excluding hydrogens is 290 g/mol. The molecule has 0 radical (unpaired) electrons. The van der Waals surface area contributed by atoms with E-state index in [9.17, 15) is 4.79 Å². The first-order valence-corrected chi connectivity index (χ1v) is 7.66. The van der Waals surface area contributed by atoms with Gasteiger partial charge in [0.1, 0.15) is 12.7 Å². The van der Waals surface area contributed by atoms with Crippen molar-refractivity contribution in [3.05, 3.63) is 43.2 Å². The highest BCUT2D eigenvalue weighted by Gasteiger charge is 2.11. The van der Waals surface area contributed by atoms with Crippen LogP contribution in [-0.4, -0.2) is 32.1 Å². The van der Waals surface area contributed by atoms with Gasteiger partial charge in [0.2, 0.25) is 0 Å². The van der Waals surface area contributed by atoms with Crippen molar-refractivity contribution in [2.24, 2.45) is 5.92 Å². The summed E-state index contributed by atoms with van der Waals surface area (Å²) >= 11 is 0. The number of imidazole rings is 1. The fourth-order valence-electron chi connectivity index (χ4n) is 2.35. The van der Waals surface area contributed by atoms with E-state index in [2.05, 4.69) is 34.1 Å². The molecule has 1 amide bonds. The number of carbonyl (C=O) groups excluding carboxylic acids is 1. The molecule has 1 aromatic carbocycles. The highest BCUT2D eigenvalue weighted by molar-refractivity contribution is 5.91. The van der Waals surface area contributed by atoms with Crippen LogP contribution in [0.4, 0.5) is 4.79 Å². The predicted octanol–water partition coefficient (Wildman–Crippen LogP) is 3.10. The molecule has 0 aliphatic rings. The molecule has 0 unspecified atom stereocenters. The summed E-state index contributed by atoms with van der Waals surface area (Å²) in [5.74, 6) is 0.555. The van der Waals surface area contributed by atoms with Crippen LogP contribution >= 0.6 is 0 Å². The van der Waals surface area contributed by atoms with Gasteiger partial charge in [0.15, 0.2) is 0 Å². The molecule has 118 valence electrons. The van der Waals surface area contributed by atoms with Crippen LogP contribution < -0.4 is 5.32 Å². The lowest BCUT2D eigenvalue weighted by molar-refractivity contribution is 0.242. The van der Waals surface area contributed by atoms with Gasteiger partial charge in [-0.25, -0.2) is 19.7 Å². The summed E-state index contributed by atoms with van der Waals surface area (Å²) in [5.41, 5.74) is 3.41. The minimum Gasteiger partial charge on any atom is -0.337 e. The van der Waals surface area contributed by atoms with Crippen LogP contribution in [0.2, 0.25) is 0 Å². The first kappa shape index (κ1) is 15.1. The number of nitrogens with one attached hydrogen (secondary N) is 1. The Bertz CT molecular complexity index is 810. The molecule has 0 aliphatic heterocycles. The fourth-order valence-corrected chi connectivity index (χ4v) is 2.35. The molecule has 0 bridgehead atoms. The number of hydrogen-bond donors (Lipinski definition) is 1. The molecule has 23 heavy (non-hydrogen) atoms. The molecule has 0 saturated heterocycles.